The first-order valence-corrected chi connectivity index (χ1v) is 13.1. The first-order chi connectivity index (χ1) is 17.7. The molecule has 0 unspecified atom stereocenters. The standard InChI is InChI=1S/C29H32N6O/c1-21-26-27(33-16-9-17-34(19-18-33)29(36)23-12-8-13-23)30-25(20-22-10-4-2-5-11-22)31-28(26)35(32-21)24-14-6-3-7-15-24/h2-7,10-11,14-15,23H,8-9,12-13,16-20H2,1H3. The van der Waals surface area contributed by atoms with Crippen molar-refractivity contribution in [3.63, 3.8) is 0 Å². The van der Waals surface area contributed by atoms with Crippen LogP contribution in [0.2, 0.25) is 0 Å². The lowest BCUT2D eigenvalue weighted by atomic mass is 9.84. The second-order valence-corrected chi connectivity index (χ2v) is 9.95. The van der Waals surface area contributed by atoms with Crippen LogP contribution in [0.25, 0.3) is 16.7 Å². The quantitative estimate of drug-likeness (QED) is 0.419. The SMILES string of the molecule is Cc1nn(-c2ccccc2)c2nc(Cc3ccccc3)nc(N3CCCN(C(=O)C4CCC4)CC3)c12. The molecule has 1 amide bonds. The van der Waals surface area contributed by atoms with Crippen LogP contribution in [0, 0.1) is 12.8 Å². The Kier molecular flexibility index (Phi) is 6.13. The summed E-state index contributed by atoms with van der Waals surface area (Å²) in [5.74, 6) is 2.30. The predicted molar refractivity (Wildman–Crippen MR) is 141 cm³/mol. The molecule has 4 aromatic rings. The average Bonchev–Trinajstić information content (AvgIpc) is 3.03. The van der Waals surface area contributed by atoms with Gasteiger partial charge in [0.25, 0.3) is 0 Å². The number of para-hydroxylation sites is 1. The number of rotatable bonds is 5. The Balaban J connectivity index is 1.39. The smallest absolute Gasteiger partial charge is 0.225 e. The number of aryl methyl sites for hydroxylation is 1. The Bertz CT molecular complexity index is 1360. The number of carbonyl (C=O) groups excluding carboxylic acids is 1. The molecule has 184 valence electrons. The van der Waals surface area contributed by atoms with Crippen LogP contribution >= 0.6 is 0 Å². The third-order valence-corrected chi connectivity index (χ3v) is 7.50. The van der Waals surface area contributed by atoms with E-state index < -0.39 is 0 Å². The number of carbonyl (C=O) groups is 1. The van der Waals surface area contributed by atoms with Gasteiger partial charge in [0.2, 0.25) is 5.91 Å². The van der Waals surface area contributed by atoms with Crippen LogP contribution in [0.4, 0.5) is 5.82 Å². The van der Waals surface area contributed by atoms with Gasteiger partial charge in [-0.2, -0.15) is 5.10 Å². The van der Waals surface area contributed by atoms with Crippen molar-refractivity contribution in [2.24, 2.45) is 5.92 Å². The van der Waals surface area contributed by atoms with Crippen LogP contribution < -0.4 is 4.90 Å². The van der Waals surface area contributed by atoms with Crippen molar-refractivity contribution < 1.29 is 4.79 Å². The van der Waals surface area contributed by atoms with Gasteiger partial charge in [-0.15, -0.1) is 0 Å². The van der Waals surface area contributed by atoms with Crippen LogP contribution in [0.5, 0.6) is 0 Å². The van der Waals surface area contributed by atoms with Gasteiger partial charge in [-0.05, 0) is 43.9 Å². The molecule has 0 spiro atoms. The van der Waals surface area contributed by atoms with E-state index in [1.807, 2.05) is 35.9 Å². The van der Waals surface area contributed by atoms with Gasteiger partial charge in [-0.25, -0.2) is 14.6 Å². The molecule has 2 fully saturated rings. The number of amides is 1. The normalized spacial score (nSPS) is 16.7. The Morgan fingerprint density at radius 2 is 1.64 bits per heavy atom. The molecule has 0 N–H and O–H groups in total. The highest BCUT2D eigenvalue weighted by Crippen LogP contribution is 2.32. The molecule has 0 radical (unpaired) electrons. The van der Waals surface area contributed by atoms with Crippen LogP contribution in [-0.4, -0.2) is 56.7 Å². The average molecular weight is 481 g/mol. The molecule has 1 aliphatic carbocycles. The molecule has 7 heteroatoms. The number of hydrogen-bond acceptors (Lipinski definition) is 5. The fourth-order valence-electron chi connectivity index (χ4n) is 5.30. The summed E-state index contributed by atoms with van der Waals surface area (Å²) in [6, 6.07) is 20.5. The maximum absolute atomic E-state index is 12.9. The minimum Gasteiger partial charge on any atom is -0.354 e. The Hall–Kier alpha value is -3.74. The first kappa shape index (κ1) is 22.7. The van der Waals surface area contributed by atoms with E-state index in [4.69, 9.17) is 15.1 Å². The number of fused-ring (bicyclic) bond motifs is 1. The lowest BCUT2D eigenvalue weighted by Gasteiger charge is -2.31. The maximum atomic E-state index is 12.9. The molecular weight excluding hydrogens is 448 g/mol. The van der Waals surface area contributed by atoms with Crippen molar-refractivity contribution in [1.82, 2.24) is 24.6 Å². The molecule has 7 nitrogen and oxygen atoms in total. The molecule has 6 rings (SSSR count). The molecule has 2 aliphatic rings. The molecule has 2 aromatic carbocycles. The molecule has 1 aliphatic heterocycles. The van der Waals surface area contributed by atoms with Gasteiger partial charge in [0.1, 0.15) is 11.6 Å². The summed E-state index contributed by atoms with van der Waals surface area (Å²) < 4.78 is 1.94. The zero-order valence-electron chi connectivity index (χ0n) is 20.8. The highest BCUT2D eigenvalue weighted by atomic mass is 16.2. The van der Waals surface area contributed by atoms with Gasteiger partial charge >= 0.3 is 0 Å². The van der Waals surface area contributed by atoms with Crippen molar-refractivity contribution in [2.45, 2.75) is 39.0 Å². The predicted octanol–water partition coefficient (Wildman–Crippen LogP) is 4.55. The van der Waals surface area contributed by atoms with Crippen molar-refractivity contribution in [3.8, 4) is 5.69 Å². The minimum atomic E-state index is 0.242. The maximum Gasteiger partial charge on any atom is 0.225 e. The van der Waals surface area contributed by atoms with Gasteiger partial charge in [0.05, 0.1) is 16.8 Å². The number of nitrogens with zero attached hydrogens (tertiary/aromatic N) is 6. The monoisotopic (exact) mass is 480 g/mol. The van der Waals surface area contributed by atoms with Crippen LogP contribution in [0.3, 0.4) is 0 Å². The molecule has 3 heterocycles. The highest BCUT2D eigenvalue weighted by Gasteiger charge is 2.31. The number of hydrogen-bond donors (Lipinski definition) is 0. The molecule has 0 atom stereocenters. The van der Waals surface area contributed by atoms with E-state index in [1.165, 1.54) is 12.0 Å². The number of anilines is 1. The van der Waals surface area contributed by atoms with E-state index in [1.54, 1.807) is 0 Å². The summed E-state index contributed by atoms with van der Waals surface area (Å²) >= 11 is 0. The largest absolute Gasteiger partial charge is 0.354 e. The fraction of sp³-hybridized carbons (Fsp3) is 0.379. The van der Waals surface area contributed by atoms with E-state index in [0.717, 1.165) is 79.5 Å². The van der Waals surface area contributed by atoms with Crippen molar-refractivity contribution in [1.29, 1.82) is 0 Å². The molecule has 2 aromatic heterocycles. The molecular formula is C29H32N6O. The van der Waals surface area contributed by atoms with E-state index in [9.17, 15) is 4.79 Å². The number of benzene rings is 2. The number of aromatic nitrogens is 4. The zero-order chi connectivity index (χ0) is 24.5. The zero-order valence-corrected chi connectivity index (χ0v) is 20.8. The van der Waals surface area contributed by atoms with Gasteiger partial charge in [0, 0.05) is 38.5 Å². The minimum absolute atomic E-state index is 0.242. The van der Waals surface area contributed by atoms with E-state index in [-0.39, 0.29) is 5.92 Å². The third kappa shape index (κ3) is 4.34. The molecule has 1 saturated heterocycles. The second kappa shape index (κ2) is 9.72. The first-order valence-electron chi connectivity index (χ1n) is 13.1. The van der Waals surface area contributed by atoms with Crippen LogP contribution in [0.1, 0.15) is 42.8 Å². The summed E-state index contributed by atoms with van der Waals surface area (Å²) in [6.07, 6.45) is 4.87. The van der Waals surface area contributed by atoms with Crippen LogP contribution in [0.15, 0.2) is 60.7 Å². The summed E-state index contributed by atoms with van der Waals surface area (Å²) in [5, 5.41) is 5.89. The lowest BCUT2D eigenvalue weighted by molar-refractivity contribution is -0.137. The Morgan fingerprint density at radius 3 is 2.36 bits per heavy atom. The summed E-state index contributed by atoms with van der Waals surface area (Å²) in [4.78, 5) is 27.5. The summed E-state index contributed by atoms with van der Waals surface area (Å²) in [5.41, 5.74) is 3.92. The fourth-order valence-corrected chi connectivity index (χ4v) is 5.30. The van der Waals surface area contributed by atoms with Gasteiger partial charge in [0.15, 0.2) is 5.65 Å². The van der Waals surface area contributed by atoms with Gasteiger partial charge in [-0.3, -0.25) is 4.79 Å². The van der Waals surface area contributed by atoms with Gasteiger partial charge in [-0.1, -0.05) is 55.0 Å². The van der Waals surface area contributed by atoms with Crippen molar-refractivity contribution in [3.05, 3.63) is 77.7 Å². The van der Waals surface area contributed by atoms with Crippen molar-refractivity contribution in [2.75, 3.05) is 31.1 Å². The van der Waals surface area contributed by atoms with Crippen LogP contribution in [-0.2, 0) is 11.2 Å². The topological polar surface area (TPSA) is 67.2 Å². The third-order valence-electron chi connectivity index (χ3n) is 7.50. The Morgan fingerprint density at radius 1 is 0.889 bits per heavy atom. The lowest BCUT2D eigenvalue weighted by Crippen LogP contribution is -2.41. The molecule has 36 heavy (non-hydrogen) atoms. The van der Waals surface area contributed by atoms with E-state index in [2.05, 4.69) is 46.2 Å². The van der Waals surface area contributed by atoms with E-state index in [0.29, 0.717) is 12.3 Å². The second-order valence-electron chi connectivity index (χ2n) is 9.95. The van der Waals surface area contributed by atoms with Crippen molar-refractivity contribution >= 4 is 22.8 Å². The Labute approximate surface area is 211 Å². The molecule has 0 bridgehead atoms. The summed E-state index contributed by atoms with van der Waals surface area (Å²) in [6.45, 7) is 5.22. The summed E-state index contributed by atoms with van der Waals surface area (Å²) in [7, 11) is 0. The molecule has 1 saturated carbocycles. The van der Waals surface area contributed by atoms with Gasteiger partial charge < -0.3 is 9.80 Å². The highest BCUT2D eigenvalue weighted by molar-refractivity contribution is 5.91. The van der Waals surface area contributed by atoms with E-state index >= 15 is 0 Å².